The average molecular weight is 270 g/mol. The van der Waals surface area contributed by atoms with Crippen molar-refractivity contribution in [1.82, 2.24) is 19.3 Å². The van der Waals surface area contributed by atoms with Crippen molar-refractivity contribution >= 4 is 21.5 Å². The molecule has 18 heavy (non-hydrogen) atoms. The fraction of sp³-hybridized carbons (Fsp3) is 0.333. The summed E-state index contributed by atoms with van der Waals surface area (Å²) in [5.41, 5.74) is 5.88. The fourth-order valence-corrected chi connectivity index (χ4v) is 2.48. The van der Waals surface area contributed by atoms with Crippen molar-refractivity contribution in [1.29, 1.82) is 0 Å². The maximum absolute atomic E-state index is 12.0. The monoisotopic (exact) mass is 270 g/mol. The number of rotatable bonds is 4. The van der Waals surface area contributed by atoms with E-state index in [2.05, 4.69) is 14.8 Å². The molecular weight excluding hydrogens is 256 g/mol. The molecule has 9 heteroatoms. The summed E-state index contributed by atoms with van der Waals surface area (Å²) in [6, 6.07) is 0. The number of sulfonamides is 1. The topological polar surface area (TPSA) is 108 Å². The molecule has 2 rings (SSSR count). The van der Waals surface area contributed by atoms with Crippen molar-refractivity contribution in [3.8, 4) is 0 Å². The van der Waals surface area contributed by atoms with Gasteiger partial charge in [0.2, 0.25) is 0 Å². The van der Waals surface area contributed by atoms with Crippen molar-refractivity contribution in [3.05, 3.63) is 18.7 Å². The van der Waals surface area contributed by atoms with Gasteiger partial charge < -0.3 is 10.3 Å². The van der Waals surface area contributed by atoms with Crippen LogP contribution in [0.5, 0.6) is 0 Å². The van der Waals surface area contributed by atoms with Crippen molar-refractivity contribution in [2.75, 3.05) is 10.5 Å². The molecule has 98 valence electrons. The summed E-state index contributed by atoms with van der Waals surface area (Å²) < 4.78 is 29.5. The van der Waals surface area contributed by atoms with Crippen LogP contribution in [0.25, 0.3) is 0 Å². The van der Waals surface area contributed by atoms with Gasteiger partial charge in [0.05, 0.1) is 18.2 Å². The molecule has 0 aliphatic carbocycles. The first kappa shape index (κ1) is 12.4. The SMILES string of the molecule is CCn1cnc(S(=O)(=O)Nc2c(N)cnn2C)c1. The van der Waals surface area contributed by atoms with E-state index in [1.807, 2.05) is 6.92 Å². The van der Waals surface area contributed by atoms with Gasteiger partial charge in [-0.1, -0.05) is 0 Å². The Morgan fingerprint density at radius 3 is 2.72 bits per heavy atom. The van der Waals surface area contributed by atoms with Crippen molar-refractivity contribution in [3.63, 3.8) is 0 Å². The number of hydrogen-bond acceptors (Lipinski definition) is 5. The minimum Gasteiger partial charge on any atom is -0.394 e. The van der Waals surface area contributed by atoms with Crippen LogP contribution in [0.1, 0.15) is 6.92 Å². The molecule has 0 amide bonds. The summed E-state index contributed by atoms with van der Waals surface area (Å²) in [5.74, 6) is 0.223. The van der Waals surface area contributed by atoms with Crippen LogP contribution in [-0.2, 0) is 23.6 Å². The number of anilines is 2. The summed E-state index contributed by atoms with van der Waals surface area (Å²) >= 11 is 0. The Hall–Kier alpha value is -2.03. The Bertz CT molecular complexity index is 637. The number of nitrogens with zero attached hydrogens (tertiary/aromatic N) is 4. The van der Waals surface area contributed by atoms with Crippen LogP contribution < -0.4 is 10.5 Å². The fourth-order valence-electron chi connectivity index (χ4n) is 1.41. The van der Waals surface area contributed by atoms with Crippen molar-refractivity contribution < 1.29 is 8.42 Å². The first-order valence-electron chi connectivity index (χ1n) is 5.26. The van der Waals surface area contributed by atoms with Gasteiger partial charge in [-0.25, -0.2) is 4.98 Å². The van der Waals surface area contributed by atoms with Gasteiger partial charge in [-0.2, -0.15) is 13.5 Å². The molecule has 2 heterocycles. The predicted molar refractivity (Wildman–Crippen MR) is 66.3 cm³/mol. The van der Waals surface area contributed by atoms with Gasteiger partial charge in [-0.3, -0.25) is 9.40 Å². The number of nitrogens with one attached hydrogen (secondary N) is 1. The highest BCUT2D eigenvalue weighted by atomic mass is 32.2. The lowest BCUT2D eigenvalue weighted by Gasteiger charge is -2.06. The van der Waals surface area contributed by atoms with Gasteiger partial charge >= 0.3 is 0 Å². The lowest BCUT2D eigenvalue weighted by atomic mass is 10.5. The molecule has 0 aliphatic heterocycles. The third-order valence-corrected chi connectivity index (χ3v) is 3.67. The van der Waals surface area contributed by atoms with Gasteiger partial charge in [-0.15, -0.1) is 0 Å². The van der Waals surface area contributed by atoms with Gasteiger partial charge in [0.15, 0.2) is 10.8 Å². The minimum absolute atomic E-state index is 0.0510. The minimum atomic E-state index is -3.74. The van der Waals surface area contributed by atoms with Crippen LogP contribution in [0.2, 0.25) is 0 Å². The van der Waals surface area contributed by atoms with Gasteiger partial charge in [0, 0.05) is 19.8 Å². The van der Waals surface area contributed by atoms with Crippen LogP contribution >= 0.6 is 0 Å². The third kappa shape index (κ3) is 2.16. The molecular formula is C9H14N6O2S. The zero-order valence-corrected chi connectivity index (χ0v) is 10.8. The lowest BCUT2D eigenvalue weighted by Crippen LogP contribution is -2.16. The van der Waals surface area contributed by atoms with Crippen molar-refractivity contribution in [2.24, 2.45) is 7.05 Å². The number of nitrogens with two attached hydrogens (primary N) is 1. The van der Waals surface area contributed by atoms with Crippen LogP contribution in [0.4, 0.5) is 11.5 Å². The summed E-state index contributed by atoms with van der Waals surface area (Å²) in [7, 11) is -2.14. The standard InChI is InChI=1S/C9H14N6O2S/c1-3-15-5-8(11-6-15)18(16,17)13-9-7(10)4-12-14(9)2/h4-6,13H,3,10H2,1-2H3. The molecule has 0 aliphatic rings. The number of aromatic nitrogens is 4. The summed E-state index contributed by atoms with van der Waals surface area (Å²) in [6.45, 7) is 2.54. The van der Waals surface area contributed by atoms with Crippen LogP contribution in [0.15, 0.2) is 23.7 Å². The molecule has 2 aromatic heterocycles. The van der Waals surface area contributed by atoms with Crippen molar-refractivity contribution in [2.45, 2.75) is 18.5 Å². The number of nitrogen functional groups attached to an aromatic ring is 1. The number of imidazole rings is 1. The summed E-state index contributed by atoms with van der Waals surface area (Å²) in [5, 5.41) is 3.80. The van der Waals surface area contributed by atoms with Gasteiger partial charge in [-0.05, 0) is 6.92 Å². The number of hydrogen-bond donors (Lipinski definition) is 2. The zero-order chi connectivity index (χ0) is 13.3. The summed E-state index contributed by atoms with van der Waals surface area (Å²) in [6.07, 6.45) is 4.29. The molecule has 0 fully saturated rings. The van der Waals surface area contributed by atoms with Gasteiger partial charge in [0.1, 0.15) is 0 Å². The summed E-state index contributed by atoms with van der Waals surface area (Å²) in [4.78, 5) is 3.84. The molecule has 0 radical (unpaired) electrons. The quantitative estimate of drug-likeness (QED) is 0.814. The van der Waals surface area contributed by atoms with E-state index < -0.39 is 10.0 Å². The zero-order valence-electron chi connectivity index (χ0n) is 10.0. The highest BCUT2D eigenvalue weighted by molar-refractivity contribution is 7.92. The van der Waals surface area contributed by atoms with Crippen LogP contribution in [0, 0.1) is 0 Å². The Labute approximate surface area is 104 Å². The maximum atomic E-state index is 12.0. The van der Waals surface area contributed by atoms with Crippen LogP contribution in [-0.4, -0.2) is 27.7 Å². The largest absolute Gasteiger partial charge is 0.394 e. The molecule has 8 nitrogen and oxygen atoms in total. The second kappa shape index (κ2) is 4.33. The van der Waals surface area contributed by atoms with Gasteiger partial charge in [0.25, 0.3) is 10.0 Å². The van der Waals surface area contributed by atoms with E-state index >= 15 is 0 Å². The van der Waals surface area contributed by atoms with E-state index in [0.29, 0.717) is 6.54 Å². The molecule has 0 saturated heterocycles. The van der Waals surface area contributed by atoms with E-state index in [4.69, 9.17) is 5.73 Å². The molecule has 0 bridgehead atoms. The first-order valence-corrected chi connectivity index (χ1v) is 6.74. The van der Waals surface area contributed by atoms with E-state index in [1.165, 1.54) is 23.4 Å². The average Bonchev–Trinajstić information content (AvgIpc) is 2.91. The molecule has 3 N–H and O–H groups in total. The van der Waals surface area contributed by atoms with Crippen LogP contribution in [0.3, 0.4) is 0 Å². The van der Waals surface area contributed by atoms with E-state index in [1.54, 1.807) is 11.6 Å². The van der Waals surface area contributed by atoms with E-state index in [9.17, 15) is 8.42 Å². The highest BCUT2D eigenvalue weighted by Gasteiger charge is 2.20. The Morgan fingerprint density at radius 2 is 2.22 bits per heavy atom. The maximum Gasteiger partial charge on any atom is 0.282 e. The van der Waals surface area contributed by atoms with E-state index in [-0.39, 0.29) is 16.5 Å². The molecule has 0 atom stereocenters. The lowest BCUT2D eigenvalue weighted by molar-refractivity contribution is 0.597. The molecule has 0 saturated carbocycles. The van der Waals surface area contributed by atoms with E-state index in [0.717, 1.165) is 0 Å². The molecule has 0 spiro atoms. The molecule has 2 aromatic rings. The second-order valence-electron chi connectivity index (χ2n) is 3.72. The highest BCUT2D eigenvalue weighted by Crippen LogP contribution is 2.19. The third-order valence-electron chi connectivity index (χ3n) is 2.45. The second-order valence-corrected chi connectivity index (χ2v) is 5.35. The Kier molecular flexibility index (Phi) is 2.99. The normalized spacial score (nSPS) is 11.7. The molecule has 0 unspecified atom stereocenters. The Morgan fingerprint density at radius 1 is 1.50 bits per heavy atom. The first-order chi connectivity index (χ1) is 8.44. The number of aryl methyl sites for hydroxylation is 2. The Balaban J connectivity index is 2.33. The predicted octanol–water partition coefficient (Wildman–Crippen LogP) is 0.0195. The smallest absolute Gasteiger partial charge is 0.282 e. The molecule has 0 aromatic carbocycles.